The summed E-state index contributed by atoms with van der Waals surface area (Å²) in [7, 11) is 0. The summed E-state index contributed by atoms with van der Waals surface area (Å²) < 4.78 is 5.23. The highest BCUT2D eigenvalue weighted by atomic mass is 16.5. The Morgan fingerprint density at radius 3 is 1.90 bits per heavy atom. The number of rotatable bonds is 8. The second-order valence-corrected chi connectivity index (χ2v) is 10.3. The molecule has 0 bridgehead atoms. The van der Waals surface area contributed by atoms with Crippen molar-refractivity contribution < 1.29 is 14.3 Å². The SMILES string of the molecule is CCCCC1CCC(C2CCC(C3CCC(C(=O)OCCC)C(=O)C3)CC2)CC1. The summed E-state index contributed by atoms with van der Waals surface area (Å²) in [6.07, 6.45) is 18.6. The highest BCUT2D eigenvalue weighted by Crippen LogP contribution is 2.46. The molecule has 3 aliphatic carbocycles. The van der Waals surface area contributed by atoms with Crippen LogP contribution in [0.15, 0.2) is 0 Å². The van der Waals surface area contributed by atoms with Gasteiger partial charge >= 0.3 is 5.97 Å². The van der Waals surface area contributed by atoms with Gasteiger partial charge in [0.15, 0.2) is 0 Å². The van der Waals surface area contributed by atoms with Crippen LogP contribution in [-0.2, 0) is 14.3 Å². The van der Waals surface area contributed by atoms with Gasteiger partial charge in [0.05, 0.1) is 6.61 Å². The second-order valence-electron chi connectivity index (χ2n) is 10.3. The van der Waals surface area contributed by atoms with Gasteiger partial charge in [0, 0.05) is 6.42 Å². The summed E-state index contributed by atoms with van der Waals surface area (Å²) in [4.78, 5) is 24.7. The normalized spacial score (nSPS) is 36.0. The molecule has 2 unspecified atom stereocenters. The Morgan fingerprint density at radius 2 is 1.34 bits per heavy atom. The maximum Gasteiger partial charge on any atom is 0.316 e. The molecule has 2 atom stereocenters. The minimum absolute atomic E-state index is 0.148. The van der Waals surface area contributed by atoms with E-state index in [4.69, 9.17) is 4.74 Å². The minimum Gasteiger partial charge on any atom is -0.465 e. The molecule has 0 aliphatic heterocycles. The van der Waals surface area contributed by atoms with Gasteiger partial charge < -0.3 is 4.74 Å². The quantitative estimate of drug-likeness (QED) is 0.333. The van der Waals surface area contributed by atoms with Crippen LogP contribution in [0.3, 0.4) is 0 Å². The van der Waals surface area contributed by atoms with Crippen LogP contribution in [0.5, 0.6) is 0 Å². The Balaban J connectivity index is 1.38. The highest BCUT2D eigenvalue weighted by molar-refractivity contribution is 5.99. The van der Waals surface area contributed by atoms with Gasteiger partial charge in [0.2, 0.25) is 0 Å². The third-order valence-corrected chi connectivity index (χ3v) is 8.42. The molecule has 0 spiro atoms. The number of esters is 1. The summed E-state index contributed by atoms with van der Waals surface area (Å²) in [5.74, 6) is 3.55. The van der Waals surface area contributed by atoms with E-state index in [1.807, 2.05) is 6.92 Å². The molecule has 3 nitrogen and oxygen atoms in total. The fourth-order valence-corrected chi connectivity index (χ4v) is 6.53. The number of Topliss-reactive ketones (excluding diaryl/α,β-unsaturated/α-hetero) is 1. The fraction of sp³-hybridized carbons (Fsp3) is 0.923. The fourth-order valence-electron chi connectivity index (χ4n) is 6.53. The van der Waals surface area contributed by atoms with Crippen molar-refractivity contribution in [1.29, 1.82) is 0 Å². The first kappa shape index (κ1) is 22.8. The summed E-state index contributed by atoms with van der Waals surface area (Å²) >= 11 is 0. The van der Waals surface area contributed by atoms with Crippen LogP contribution in [0.2, 0.25) is 0 Å². The molecule has 29 heavy (non-hydrogen) atoms. The Kier molecular flexibility index (Phi) is 9.06. The standard InChI is InChI=1S/C26H44O3/c1-3-5-6-19-7-9-20(10-8-19)21-11-13-22(14-12-21)23-15-16-24(25(27)18-23)26(28)29-17-4-2/h19-24H,3-18H2,1-2H3. The van der Waals surface area contributed by atoms with Gasteiger partial charge in [-0.1, -0.05) is 46.0 Å². The Bertz CT molecular complexity index is 512. The molecule has 0 amide bonds. The molecule has 0 aromatic rings. The lowest BCUT2D eigenvalue weighted by molar-refractivity contribution is -0.154. The predicted octanol–water partition coefficient (Wildman–Crippen LogP) is 6.73. The van der Waals surface area contributed by atoms with Crippen LogP contribution in [-0.4, -0.2) is 18.4 Å². The van der Waals surface area contributed by atoms with E-state index in [0.29, 0.717) is 31.3 Å². The van der Waals surface area contributed by atoms with E-state index in [-0.39, 0.29) is 11.8 Å². The summed E-state index contributed by atoms with van der Waals surface area (Å²) in [6.45, 7) is 4.74. The van der Waals surface area contributed by atoms with Crippen molar-refractivity contribution in [2.45, 2.75) is 110 Å². The molecule has 0 N–H and O–H groups in total. The van der Waals surface area contributed by atoms with Crippen molar-refractivity contribution >= 4 is 11.8 Å². The highest BCUT2D eigenvalue weighted by Gasteiger charge is 2.39. The molecule has 166 valence electrons. The average Bonchev–Trinajstić information content (AvgIpc) is 2.76. The van der Waals surface area contributed by atoms with E-state index in [1.54, 1.807) is 0 Å². The van der Waals surface area contributed by atoms with Crippen LogP contribution < -0.4 is 0 Å². The number of unbranched alkanes of at least 4 members (excludes halogenated alkanes) is 1. The largest absolute Gasteiger partial charge is 0.465 e. The molecule has 0 saturated heterocycles. The van der Waals surface area contributed by atoms with Crippen molar-refractivity contribution in [2.75, 3.05) is 6.61 Å². The molecule has 0 aromatic carbocycles. The average molecular weight is 405 g/mol. The molecular weight excluding hydrogens is 360 g/mol. The number of carbonyl (C=O) groups excluding carboxylic acids is 2. The van der Waals surface area contributed by atoms with Crippen molar-refractivity contribution in [2.24, 2.45) is 35.5 Å². The van der Waals surface area contributed by atoms with E-state index in [1.165, 1.54) is 70.6 Å². The second kappa shape index (κ2) is 11.5. The topological polar surface area (TPSA) is 43.4 Å². The molecule has 3 heteroatoms. The van der Waals surface area contributed by atoms with Crippen molar-refractivity contribution in [3.63, 3.8) is 0 Å². The minimum atomic E-state index is -0.475. The first-order chi connectivity index (χ1) is 14.1. The van der Waals surface area contributed by atoms with Crippen molar-refractivity contribution in [1.82, 2.24) is 0 Å². The van der Waals surface area contributed by atoms with Gasteiger partial charge in [-0.3, -0.25) is 9.59 Å². The lowest BCUT2D eigenvalue weighted by Crippen LogP contribution is -2.36. The lowest BCUT2D eigenvalue weighted by Gasteiger charge is -2.41. The molecule has 3 fully saturated rings. The van der Waals surface area contributed by atoms with Gasteiger partial charge in [0.25, 0.3) is 0 Å². The number of ether oxygens (including phenoxy) is 1. The summed E-state index contributed by atoms with van der Waals surface area (Å²) in [5.41, 5.74) is 0. The van der Waals surface area contributed by atoms with Crippen LogP contribution in [0.1, 0.15) is 110 Å². The first-order valence-corrected chi connectivity index (χ1v) is 12.8. The van der Waals surface area contributed by atoms with Gasteiger partial charge in [0.1, 0.15) is 11.7 Å². The molecule has 3 aliphatic rings. The zero-order valence-electron chi connectivity index (χ0n) is 19.0. The molecule has 0 heterocycles. The number of carbonyl (C=O) groups is 2. The smallest absolute Gasteiger partial charge is 0.316 e. The Labute approximate surface area is 178 Å². The third-order valence-electron chi connectivity index (χ3n) is 8.42. The Morgan fingerprint density at radius 1 is 0.793 bits per heavy atom. The maximum atomic E-state index is 12.6. The van der Waals surface area contributed by atoms with E-state index in [2.05, 4.69) is 6.92 Å². The van der Waals surface area contributed by atoms with E-state index in [0.717, 1.165) is 30.6 Å². The van der Waals surface area contributed by atoms with Crippen molar-refractivity contribution in [3.8, 4) is 0 Å². The summed E-state index contributed by atoms with van der Waals surface area (Å²) in [5, 5.41) is 0. The van der Waals surface area contributed by atoms with Crippen LogP contribution in [0.25, 0.3) is 0 Å². The van der Waals surface area contributed by atoms with Gasteiger partial charge in [-0.2, -0.15) is 0 Å². The third kappa shape index (κ3) is 6.31. The number of hydrogen-bond donors (Lipinski definition) is 0. The Hall–Kier alpha value is -0.860. The molecule has 3 saturated carbocycles. The molecule has 3 rings (SSSR count). The van der Waals surface area contributed by atoms with Gasteiger partial charge in [-0.25, -0.2) is 0 Å². The zero-order chi connectivity index (χ0) is 20.6. The number of hydrogen-bond acceptors (Lipinski definition) is 3. The van der Waals surface area contributed by atoms with Crippen molar-refractivity contribution in [3.05, 3.63) is 0 Å². The predicted molar refractivity (Wildman–Crippen MR) is 118 cm³/mol. The van der Waals surface area contributed by atoms with Gasteiger partial charge in [-0.15, -0.1) is 0 Å². The maximum absolute atomic E-state index is 12.6. The van der Waals surface area contributed by atoms with E-state index in [9.17, 15) is 9.59 Å². The van der Waals surface area contributed by atoms with E-state index >= 15 is 0 Å². The molecule has 0 aromatic heterocycles. The molecular formula is C26H44O3. The van der Waals surface area contributed by atoms with Gasteiger partial charge in [-0.05, 0) is 87.4 Å². The zero-order valence-corrected chi connectivity index (χ0v) is 19.0. The van der Waals surface area contributed by atoms with Crippen LogP contribution in [0, 0.1) is 35.5 Å². The summed E-state index contributed by atoms with van der Waals surface area (Å²) in [6, 6.07) is 0. The van der Waals surface area contributed by atoms with Crippen LogP contribution in [0.4, 0.5) is 0 Å². The first-order valence-electron chi connectivity index (χ1n) is 12.8. The number of ketones is 1. The van der Waals surface area contributed by atoms with E-state index < -0.39 is 5.92 Å². The van der Waals surface area contributed by atoms with Crippen LogP contribution >= 0.6 is 0 Å². The monoisotopic (exact) mass is 404 g/mol. The molecule has 0 radical (unpaired) electrons. The lowest BCUT2D eigenvalue weighted by atomic mass is 9.64.